The Morgan fingerprint density at radius 3 is 2.24 bits per heavy atom. The molecule has 6 nitrogen and oxygen atoms in total. The molecule has 0 bridgehead atoms. The second-order valence-electron chi connectivity index (χ2n) is 5.90. The van der Waals surface area contributed by atoms with Gasteiger partial charge >= 0.3 is 0 Å². The molecule has 0 unspecified atom stereocenters. The lowest BCUT2D eigenvalue weighted by Gasteiger charge is -2.06. The highest BCUT2D eigenvalue weighted by Crippen LogP contribution is 2.23. The van der Waals surface area contributed by atoms with Gasteiger partial charge < -0.3 is 5.11 Å². The number of aromatic nitrogens is 3. The Hall–Kier alpha value is -3.02. The summed E-state index contributed by atoms with van der Waals surface area (Å²) in [5.41, 5.74) is 2.74. The van der Waals surface area contributed by atoms with Crippen molar-refractivity contribution >= 4 is 22.6 Å². The molecule has 2 aromatic carbocycles. The van der Waals surface area contributed by atoms with Gasteiger partial charge in [0.15, 0.2) is 11.6 Å². The van der Waals surface area contributed by atoms with E-state index in [1.807, 2.05) is 31.2 Å². The number of ketones is 2. The minimum absolute atomic E-state index is 0.0325. The summed E-state index contributed by atoms with van der Waals surface area (Å²) in [4.78, 5) is 24.7. The highest BCUT2D eigenvalue weighted by Gasteiger charge is 2.14. The van der Waals surface area contributed by atoms with Crippen LogP contribution in [-0.2, 0) is 16.0 Å². The van der Waals surface area contributed by atoms with Crippen molar-refractivity contribution in [2.24, 2.45) is 0 Å². The maximum atomic E-state index is 11.7. The Labute approximate surface area is 145 Å². The molecule has 3 rings (SSSR count). The fourth-order valence-electron chi connectivity index (χ4n) is 2.62. The molecule has 0 saturated heterocycles. The number of rotatable bonds is 7. The Morgan fingerprint density at radius 2 is 1.64 bits per heavy atom. The van der Waals surface area contributed by atoms with Crippen molar-refractivity contribution in [2.75, 3.05) is 0 Å². The number of aryl methyl sites for hydroxylation is 1. The molecule has 0 atom stereocenters. The lowest BCUT2D eigenvalue weighted by Crippen LogP contribution is -2.13. The van der Waals surface area contributed by atoms with E-state index in [4.69, 9.17) is 0 Å². The summed E-state index contributed by atoms with van der Waals surface area (Å²) in [5, 5.41) is 19.0. The van der Waals surface area contributed by atoms with Crippen LogP contribution in [-0.4, -0.2) is 31.7 Å². The van der Waals surface area contributed by atoms with Gasteiger partial charge in [-0.3, -0.25) is 9.59 Å². The zero-order valence-corrected chi connectivity index (χ0v) is 14.0. The summed E-state index contributed by atoms with van der Waals surface area (Å²) in [6, 6.07) is 12.6. The van der Waals surface area contributed by atoms with Gasteiger partial charge in [-0.25, -0.2) is 0 Å². The first-order valence-electron chi connectivity index (χ1n) is 8.29. The third-order valence-corrected chi connectivity index (χ3v) is 3.97. The van der Waals surface area contributed by atoms with E-state index in [1.165, 1.54) is 4.80 Å². The van der Waals surface area contributed by atoms with Crippen LogP contribution in [0, 0.1) is 0 Å². The summed E-state index contributed by atoms with van der Waals surface area (Å²) in [5.74, 6) is -0.647. The third kappa shape index (κ3) is 3.74. The topological polar surface area (TPSA) is 85.1 Å². The Kier molecular flexibility index (Phi) is 4.88. The largest absolute Gasteiger partial charge is 0.506 e. The van der Waals surface area contributed by atoms with Crippen LogP contribution in [0.3, 0.4) is 0 Å². The van der Waals surface area contributed by atoms with Gasteiger partial charge in [-0.15, -0.1) is 15.0 Å². The van der Waals surface area contributed by atoms with Gasteiger partial charge in [-0.1, -0.05) is 25.1 Å². The zero-order chi connectivity index (χ0) is 17.8. The lowest BCUT2D eigenvalue weighted by atomic mass is 10.0. The molecular weight excluding hydrogens is 318 g/mol. The van der Waals surface area contributed by atoms with Crippen molar-refractivity contribution in [1.82, 2.24) is 15.0 Å². The number of hydrogen-bond donors (Lipinski definition) is 1. The fourth-order valence-corrected chi connectivity index (χ4v) is 2.62. The standard InChI is InChI=1S/C19H19N3O3/c1-2-5-17(23)18(24)11-9-13-8-10-16(19(25)12-13)22-20-14-6-3-4-7-15(14)21-22/h3-4,6-8,10,12,25H,2,5,9,11H2,1H3. The van der Waals surface area contributed by atoms with Gasteiger partial charge in [-0.2, -0.15) is 0 Å². The number of hydrogen-bond acceptors (Lipinski definition) is 5. The minimum Gasteiger partial charge on any atom is -0.506 e. The van der Waals surface area contributed by atoms with Crippen molar-refractivity contribution in [1.29, 1.82) is 0 Å². The molecule has 0 aliphatic heterocycles. The number of carbonyl (C=O) groups excluding carboxylic acids is 2. The first kappa shape index (κ1) is 16.8. The van der Waals surface area contributed by atoms with Crippen molar-refractivity contribution in [3.05, 3.63) is 48.0 Å². The predicted molar refractivity (Wildman–Crippen MR) is 93.8 cm³/mol. The number of fused-ring (bicyclic) bond motifs is 1. The average Bonchev–Trinajstić information content (AvgIpc) is 3.03. The molecule has 0 spiro atoms. The van der Waals surface area contributed by atoms with Crippen LogP contribution in [0.5, 0.6) is 5.75 Å². The van der Waals surface area contributed by atoms with Crippen molar-refractivity contribution in [2.45, 2.75) is 32.6 Å². The van der Waals surface area contributed by atoms with Gasteiger partial charge in [0.25, 0.3) is 0 Å². The zero-order valence-electron chi connectivity index (χ0n) is 14.0. The molecule has 0 saturated carbocycles. The van der Waals surface area contributed by atoms with E-state index in [9.17, 15) is 14.7 Å². The molecular formula is C19H19N3O3. The number of carbonyl (C=O) groups is 2. The number of phenolic OH excluding ortho intramolecular Hbond substituents is 1. The Morgan fingerprint density at radius 1 is 1.00 bits per heavy atom. The maximum absolute atomic E-state index is 11.7. The number of phenols is 1. The SMILES string of the molecule is CCCC(=O)C(=O)CCc1ccc(-n2nc3ccccc3n2)c(O)c1. The van der Waals surface area contributed by atoms with Crippen LogP contribution in [0.2, 0.25) is 0 Å². The normalized spacial score (nSPS) is 10.9. The summed E-state index contributed by atoms with van der Waals surface area (Å²) in [7, 11) is 0. The molecule has 0 fully saturated rings. The first-order chi connectivity index (χ1) is 12.1. The molecule has 25 heavy (non-hydrogen) atoms. The minimum atomic E-state index is -0.356. The molecule has 0 amide bonds. The van der Waals surface area contributed by atoms with Crippen LogP contribution in [0.15, 0.2) is 42.5 Å². The number of aromatic hydroxyl groups is 1. The van der Waals surface area contributed by atoms with Crippen molar-refractivity contribution in [3.63, 3.8) is 0 Å². The lowest BCUT2D eigenvalue weighted by molar-refractivity contribution is -0.136. The van der Waals surface area contributed by atoms with Gasteiger partial charge in [0.05, 0.1) is 0 Å². The molecule has 0 aliphatic rings. The number of benzene rings is 2. The van der Waals surface area contributed by atoms with Crippen LogP contribution in [0.1, 0.15) is 31.7 Å². The Balaban J connectivity index is 1.74. The van der Waals surface area contributed by atoms with Crippen LogP contribution < -0.4 is 0 Å². The van der Waals surface area contributed by atoms with Crippen LogP contribution >= 0.6 is 0 Å². The monoisotopic (exact) mass is 337 g/mol. The summed E-state index contributed by atoms with van der Waals surface area (Å²) < 4.78 is 0. The quantitative estimate of drug-likeness (QED) is 0.670. The molecule has 1 N–H and O–H groups in total. The van der Waals surface area contributed by atoms with E-state index in [-0.39, 0.29) is 23.7 Å². The molecule has 128 valence electrons. The van der Waals surface area contributed by atoms with Crippen LogP contribution in [0.25, 0.3) is 16.7 Å². The van der Waals surface area contributed by atoms with Gasteiger partial charge in [0.2, 0.25) is 0 Å². The number of Topliss-reactive ketones (excluding diaryl/α,β-unsaturated/α-hetero) is 2. The highest BCUT2D eigenvalue weighted by atomic mass is 16.3. The molecule has 3 aromatic rings. The third-order valence-electron chi connectivity index (χ3n) is 3.97. The van der Waals surface area contributed by atoms with Crippen molar-refractivity contribution in [3.8, 4) is 11.4 Å². The summed E-state index contributed by atoms with van der Waals surface area (Å²) in [6.07, 6.45) is 1.53. The number of nitrogens with zero attached hydrogens (tertiary/aromatic N) is 3. The van der Waals surface area contributed by atoms with E-state index in [1.54, 1.807) is 18.2 Å². The van der Waals surface area contributed by atoms with Gasteiger partial charge in [0.1, 0.15) is 22.5 Å². The second kappa shape index (κ2) is 7.25. The summed E-state index contributed by atoms with van der Waals surface area (Å²) >= 11 is 0. The predicted octanol–water partition coefficient (Wildman–Crippen LogP) is 3.00. The molecule has 6 heteroatoms. The molecule has 0 aliphatic carbocycles. The van der Waals surface area contributed by atoms with E-state index >= 15 is 0 Å². The smallest absolute Gasteiger partial charge is 0.198 e. The van der Waals surface area contributed by atoms with Crippen molar-refractivity contribution < 1.29 is 14.7 Å². The molecule has 0 radical (unpaired) electrons. The first-order valence-corrected chi connectivity index (χ1v) is 8.29. The molecule has 1 heterocycles. The van der Waals surface area contributed by atoms with Gasteiger partial charge in [0, 0.05) is 12.8 Å². The molecule has 1 aromatic heterocycles. The van der Waals surface area contributed by atoms with E-state index < -0.39 is 0 Å². The van der Waals surface area contributed by atoms with Crippen LogP contribution in [0.4, 0.5) is 0 Å². The highest BCUT2D eigenvalue weighted by molar-refractivity contribution is 6.37. The summed E-state index contributed by atoms with van der Waals surface area (Å²) in [6.45, 7) is 1.87. The van der Waals surface area contributed by atoms with E-state index in [0.717, 1.165) is 16.6 Å². The van der Waals surface area contributed by atoms with Gasteiger partial charge in [-0.05, 0) is 42.7 Å². The van der Waals surface area contributed by atoms with E-state index in [0.29, 0.717) is 24.9 Å². The Bertz CT molecular complexity index is 898. The maximum Gasteiger partial charge on any atom is 0.198 e. The van der Waals surface area contributed by atoms with E-state index in [2.05, 4.69) is 10.2 Å². The fraction of sp³-hybridized carbons (Fsp3) is 0.263. The average molecular weight is 337 g/mol. The second-order valence-corrected chi connectivity index (χ2v) is 5.90.